The zero-order chi connectivity index (χ0) is 11.7. The highest BCUT2D eigenvalue weighted by Crippen LogP contribution is 2.09. The maximum absolute atomic E-state index is 11.4. The number of carbonyl (C=O) groups is 2. The van der Waals surface area contributed by atoms with Gasteiger partial charge in [-0.1, -0.05) is 13.3 Å². The van der Waals surface area contributed by atoms with Crippen LogP contribution in [0.15, 0.2) is 0 Å². The number of nitrogens with one attached hydrogen (secondary N) is 1. The molecule has 0 fully saturated rings. The average molecular weight is 233 g/mol. The number of esters is 1. The lowest BCUT2D eigenvalue weighted by Crippen LogP contribution is -2.27. The summed E-state index contributed by atoms with van der Waals surface area (Å²) < 4.78 is 4.97. The molecule has 0 rings (SSSR count). The van der Waals surface area contributed by atoms with Crippen molar-refractivity contribution in [1.82, 2.24) is 5.32 Å². The Morgan fingerprint density at radius 3 is 2.60 bits per heavy atom. The van der Waals surface area contributed by atoms with Gasteiger partial charge in [0.1, 0.15) is 5.92 Å². The number of hydrogen-bond acceptors (Lipinski definition) is 4. The third-order valence-corrected chi connectivity index (χ3v) is 2.32. The highest BCUT2D eigenvalue weighted by atomic mass is 32.1. The van der Waals surface area contributed by atoms with Gasteiger partial charge in [-0.3, -0.25) is 9.59 Å². The van der Waals surface area contributed by atoms with Crippen LogP contribution in [0.4, 0.5) is 0 Å². The standard InChI is InChI=1S/C10H19NO3S/c1-3-4-7-14-9(12)8(10(13)15)5-6-11-2/h8,11H,3-7H2,1-2H3,(H,13,15). The molecule has 1 unspecified atom stereocenters. The minimum Gasteiger partial charge on any atom is -0.465 e. The lowest BCUT2D eigenvalue weighted by atomic mass is 10.1. The van der Waals surface area contributed by atoms with Crippen molar-refractivity contribution in [1.29, 1.82) is 0 Å². The van der Waals surface area contributed by atoms with Crippen LogP contribution in [0.2, 0.25) is 0 Å². The normalized spacial score (nSPS) is 12.2. The molecule has 0 amide bonds. The molecule has 0 bridgehead atoms. The van der Waals surface area contributed by atoms with Gasteiger partial charge in [-0.05, 0) is 26.4 Å². The Morgan fingerprint density at radius 1 is 1.47 bits per heavy atom. The molecule has 0 saturated carbocycles. The Bertz CT molecular complexity index is 209. The van der Waals surface area contributed by atoms with Gasteiger partial charge in [0.05, 0.1) is 6.61 Å². The SMILES string of the molecule is CCCCOC(=O)C(CCNC)C(=O)S. The first-order chi connectivity index (χ1) is 7.13. The molecule has 0 spiro atoms. The molecule has 0 aliphatic heterocycles. The summed E-state index contributed by atoms with van der Waals surface area (Å²) in [6.07, 6.45) is 2.22. The van der Waals surface area contributed by atoms with E-state index < -0.39 is 17.0 Å². The van der Waals surface area contributed by atoms with Crippen molar-refractivity contribution in [3.63, 3.8) is 0 Å². The van der Waals surface area contributed by atoms with E-state index in [4.69, 9.17) is 4.74 Å². The molecule has 0 aliphatic rings. The van der Waals surface area contributed by atoms with Crippen molar-refractivity contribution >= 4 is 23.7 Å². The zero-order valence-electron chi connectivity index (χ0n) is 9.28. The van der Waals surface area contributed by atoms with Crippen molar-refractivity contribution in [2.45, 2.75) is 26.2 Å². The fourth-order valence-electron chi connectivity index (χ4n) is 1.05. The number of unbranched alkanes of at least 4 members (excludes halogenated alkanes) is 1. The van der Waals surface area contributed by atoms with E-state index in [1.54, 1.807) is 7.05 Å². The molecular weight excluding hydrogens is 214 g/mol. The van der Waals surface area contributed by atoms with Gasteiger partial charge in [0.25, 0.3) is 0 Å². The Hall–Kier alpha value is -0.550. The Labute approximate surface area is 96.2 Å². The summed E-state index contributed by atoms with van der Waals surface area (Å²) in [6.45, 7) is 2.99. The van der Waals surface area contributed by atoms with E-state index in [1.807, 2.05) is 6.92 Å². The monoisotopic (exact) mass is 233 g/mol. The van der Waals surface area contributed by atoms with Gasteiger partial charge in [0.15, 0.2) is 5.12 Å². The average Bonchev–Trinajstić information content (AvgIpc) is 2.18. The van der Waals surface area contributed by atoms with Gasteiger partial charge >= 0.3 is 5.97 Å². The van der Waals surface area contributed by atoms with Crippen LogP contribution >= 0.6 is 12.6 Å². The summed E-state index contributed by atoms with van der Waals surface area (Å²) in [5, 5.41) is 2.46. The van der Waals surface area contributed by atoms with E-state index in [0.717, 1.165) is 12.8 Å². The topological polar surface area (TPSA) is 55.4 Å². The summed E-state index contributed by atoms with van der Waals surface area (Å²) in [7, 11) is 1.77. The van der Waals surface area contributed by atoms with Crippen LogP contribution in [-0.4, -0.2) is 31.3 Å². The van der Waals surface area contributed by atoms with E-state index in [2.05, 4.69) is 17.9 Å². The van der Waals surface area contributed by atoms with Crippen molar-refractivity contribution in [3.8, 4) is 0 Å². The third kappa shape index (κ3) is 6.52. The van der Waals surface area contributed by atoms with Crippen molar-refractivity contribution in [2.24, 2.45) is 5.92 Å². The quantitative estimate of drug-likeness (QED) is 0.284. The maximum atomic E-state index is 11.4. The molecule has 1 N–H and O–H groups in total. The van der Waals surface area contributed by atoms with Crippen molar-refractivity contribution in [3.05, 3.63) is 0 Å². The first kappa shape index (κ1) is 14.5. The first-order valence-electron chi connectivity index (χ1n) is 5.17. The molecular formula is C10H19NO3S. The smallest absolute Gasteiger partial charge is 0.317 e. The molecule has 15 heavy (non-hydrogen) atoms. The van der Waals surface area contributed by atoms with E-state index in [0.29, 0.717) is 19.6 Å². The zero-order valence-corrected chi connectivity index (χ0v) is 10.2. The number of hydrogen-bond donors (Lipinski definition) is 2. The number of ether oxygens (including phenoxy) is 1. The van der Waals surface area contributed by atoms with Crippen molar-refractivity contribution in [2.75, 3.05) is 20.2 Å². The highest BCUT2D eigenvalue weighted by Gasteiger charge is 2.24. The minimum absolute atomic E-state index is 0.381. The predicted octanol–water partition coefficient (Wildman–Crippen LogP) is 1.01. The summed E-state index contributed by atoms with van der Waals surface area (Å²) in [5.74, 6) is -1.20. The van der Waals surface area contributed by atoms with Crippen LogP contribution in [-0.2, 0) is 14.3 Å². The van der Waals surface area contributed by atoms with Gasteiger partial charge in [-0.2, -0.15) is 0 Å². The van der Waals surface area contributed by atoms with Gasteiger partial charge in [-0.15, -0.1) is 12.6 Å². The van der Waals surface area contributed by atoms with E-state index in [1.165, 1.54) is 0 Å². The van der Waals surface area contributed by atoms with Gasteiger partial charge in [-0.25, -0.2) is 0 Å². The van der Waals surface area contributed by atoms with E-state index >= 15 is 0 Å². The Morgan fingerprint density at radius 2 is 2.13 bits per heavy atom. The predicted molar refractivity (Wildman–Crippen MR) is 61.9 cm³/mol. The summed E-state index contributed by atoms with van der Waals surface area (Å²) >= 11 is 3.68. The second-order valence-corrected chi connectivity index (χ2v) is 3.74. The van der Waals surface area contributed by atoms with Crippen LogP contribution in [0, 0.1) is 5.92 Å². The fraction of sp³-hybridized carbons (Fsp3) is 0.800. The van der Waals surface area contributed by atoms with Crippen LogP contribution < -0.4 is 5.32 Å². The molecule has 0 aromatic heterocycles. The molecule has 4 nitrogen and oxygen atoms in total. The number of thiol groups is 1. The first-order valence-corrected chi connectivity index (χ1v) is 5.62. The molecule has 0 heterocycles. The lowest BCUT2D eigenvalue weighted by Gasteiger charge is -2.12. The minimum atomic E-state index is -0.738. The second kappa shape index (κ2) is 8.73. The van der Waals surface area contributed by atoms with Gasteiger partial charge in [0, 0.05) is 0 Å². The fourth-order valence-corrected chi connectivity index (χ4v) is 1.28. The Kier molecular flexibility index (Phi) is 8.41. The summed E-state index contributed by atoms with van der Waals surface area (Å²) in [6, 6.07) is 0. The van der Waals surface area contributed by atoms with Crippen LogP contribution in [0.1, 0.15) is 26.2 Å². The molecule has 0 aliphatic carbocycles. The molecule has 1 atom stereocenters. The van der Waals surface area contributed by atoms with Crippen LogP contribution in [0.5, 0.6) is 0 Å². The highest BCUT2D eigenvalue weighted by molar-refractivity contribution is 7.96. The second-order valence-electron chi connectivity index (χ2n) is 3.30. The van der Waals surface area contributed by atoms with E-state index in [-0.39, 0.29) is 0 Å². The largest absolute Gasteiger partial charge is 0.465 e. The van der Waals surface area contributed by atoms with Crippen LogP contribution in [0.3, 0.4) is 0 Å². The van der Waals surface area contributed by atoms with Crippen LogP contribution in [0.25, 0.3) is 0 Å². The Balaban J connectivity index is 3.99. The molecule has 0 aromatic rings. The lowest BCUT2D eigenvalue weighted by molar-refractivity contribution is -0.150. The van der Waals surface area contributed by atoms with Gasteiger partial charge < -0.3 is 10.1 Å². The summed E-state index contributed by atoms with van der Waals surface area (Å²) in [5.41, 5.74) is 0. The molecule has 5 heteroatoms. The number of rotatable bonds is 8. The third-order valence-electron chi connectivity index (χ3n) is 2.01. The number of carbonyl (C=O) groups excluding carboxylic acids is 2. The molecule has 0 radical (unpaired) electrons. The molecule has 88 valence electrons. The maximum Gasteiger partial charge on any atom is 0.317 e. The molecule has 0 aromatic carbocycles. The van der Waals surface area contributed by atoms with Gasteiger partial charge in [0.2, 0.25) is 0 Å². The molecule has 0 saturated heterocycles. The summed E-state index contributed by atoms with van der Waals surface area (Å²) in [4.78, 5) is 22.5. The van der Waals surface area contributed by atoms with Crippen molar-refractivity contribution < 1.29 is 14.3 Å². The van der Waals surface area contributed by atoms with E-state index in [9.17, 15) is 9.59 Å².